The number of sulfonamides is 1. The number of rotatable bonds is 8. The Balaban J connectivity index is 1.92. The predicted octanol–water partition coefficient (Wildman–Crippen LogP) is 5.29. The second-order valence-corrected chi connectivity index (χ2v) is 13.9. The van der Waals surface area contributed by atoms with Crippen LogP contribution in [-0.2, 0) is 21.3 Å². The molecule has 1 aliphatic heterocycles. The topological polar surface area (TPSA) is 108 Å². The van der Waals surface area contributed by atoms with Gasteiger partial charge in [0, 0.05) is 37.8 Å². The van der Waals surface area contributed by atoms with E-state index in [-0.39, 0.29) is 41.9 Å². The molecule has 1 amide bonds. The quantitative estimate of drug-likeness (QED) is 0.402. The average molecular weight is 645 g/mol. The number of benzene rings is 2. The second kappa shape index (κ2) is 15.6. The fraction of sp³-hybridized carbons (Fsp3) is 0.567. The number of fused-ring (bicyclic) bond motifs is 1. The van der Waals surface area contributed by atoms with E-state index in [1.54, 1.807) is 30.0 Å². The first-order valence-corrected chi connectivity index (χ1v) is 16.9. The zero-order valence-corrected chi connectivity index (χ0v) is 27.3. The number of hydrogen-bond acceptors (Lipinski definition) is 7. The summed E-state index contributed by atoms with van der Waals surface area (Å²) in [5.41, 5.74) is 1.52. The van der Waals surface area contributed by atoms with Crippen molar-refractivity contribution in [2.75, 3.05) is 44.3 Å². The molecule has 42 heavy (non-hydrogen) atoms. The van der Waals surface area contributed by atoms with Crippen molar-refractivity contribution in [3.8, 4) is 5.75 Å². The first-order valence-electron chi connectivity index (χ1n) is 14.2. The smallest absolute Gasteiger partial charge is 0.258 e. The fourth-order valence-corrected chi connectivity index (χ4v) is 5.86. The van der Waals surface area contributed by atoms with Gasteiger partial charge in [0.25, 0.3) is 5.91 Å². The summed E-state index contributed by atoms with van der Waals surface area (Å²) in [6.45, 7) is 7.65. The van der Waals surface area contributed by atoms with Crippen molar-refractivity contribution < 1.29 is 27.8 Å². The lowest BCUT2D eigenvalue weighted by Gasteiger charge is -2.36. The van der Waals surface area contributed by atoms with Gasteiger partial charge in [-0.05, 0) is 76.1 Å². The molecule has 234 valence electrons. The van der Waals surface area contributed by atoms with Crippen LogP contribution in [0.15, 0.2) is 36.4 Å². The highest BCUT2D eigenvalue weighted by atomic mass is 35.5. The molecule has 0 saturated carbocycles. The Hall–Kier alpha value is -2.08. The van der Waals surface area contributed by atoms with Crippen LogP contribution in [0.4, 0.5) is 5.69 Å². The number of ether oxygens (including phenoxy) is 2. The van der Waals surface area contributed by atoms with Crippen LogP contribution in [0.5, 0.6) is 5.75 Å². The monoisotopic (exact) mass is 643 g/mol. The third-order valence-corrected chi connectivity index (χ3v) is 8.63. The zero-order chi connectivity index (χ0) is 31.0. The first-order chi connectivity index (χ1) is 19.8. The summed E-state index contributed by atoms with van der Waals surface area (Å²) in [7, 11) is -1.55. The third-order valence-electron chi connectivity index (χ3n) is 7.28. The summed E-state index contributed by atoms with van der Waals surface area (Å²) in [4.78, 5) is 17.9. The molecule has 0 radical (unpaired) electrons. The first kappa shape index (κ1) is 34.4. The molecule has 2 aromatic carbocycles. The number of hydrogen-bond donors (Lipinski definition) is 2. The standard InChI is InChI=1S/C30H43Cl2N3O6S/c1-20-16-35(21(2)19-36)30(37)25-15-24(33-42(5,38)39)10-12-28(25)41-22(3)8-6-7-13-40-29(20)18-34(4)17-23-9-11-26(31)27(32)14-23/h9-12,14-15,20-22,29,33,36H,6-8,13,16-19H2,1-5H3/t20-,21-,22+,29-/m0/s1. The Kier molecular flexibility index (Phi) is 12.8. The molecule has 3 rings (SSSR count). The molecule has 4 atom stereocenters. The van der Waals surface area contributed by atoms with Gasteiger partial charge in [-0.25, -0.2) is 8.42 Å². The van der Waals surface area contributed by atoms with E-state index < -0.39 is 16.1 Å². The largest absolute Gasteiger partial charge is 0.490 e. The van der Waals surface area contributed by atoms with Crippen LogP contribution in [0, 0.1) is 5.92 Å². The number of nitrogens with zero attached hydrogens (tertiary/aromatic N) is 2. The highest BCUT2D eigenvalue weighted by Crippen LogP contribution is 2.29. The van der Waals surface area contributed by atoms with Gasteiger partial charge < -0.3 is 19.5 Å². The molecular formula is C30H43Cl2N3O6S. The van der Waals surface area contributed by atoms with Gasteiger partial charge in [0.1, 0.15) is 5.75 Å². The number of carbonyl (C=O) groups is 1. The molecule has 0 bridgehead atoms. The number of amides is 1. The highest BCUT2D eigenvalue weighted by molar-refractivity contribution is 7.92. The SMILES string of the molecule is C[C@@H]1CCCCO[C@@H](CN(C)Cc2ccc(Cl)c(Cl)c2)[C@@H](C)CN([C@@H](C)CO)C(=O)c2cc(NS(C)(=O)=O)ccc2O1. The molecule has 0 aromatic heterocycles. The maximum Gasteiger partial charge on any atom is 0.258 e. The normalized spacial score (nSPS) is 21.8. The van der Waals surface area contributed by atoms with Crippen LogP contribution < -0.4 is 9.46 Å². The van der Waals surface area contributed by atoms with E-state index in [9.17, 15) is 18.3 Å². The van der Waals surface area contributed by atoms with Crippen LogP contribution in [-0.4, -0.2) is 87.1 Å². The minimum absolute atomic E-state index is 0.0947. The van der Waals surface area contributed by atoms with Crippen LogP contribution in [0.2, 0.25) is 10.0 Å². The zero-order valence-electron chi connectivity index (χ0n) is 25.0. The van der Waals surface area contributed by atoms with E-state index in [4.69, 9.17) is 32.7 Å². The molecule has 0 fully saturated rings. The van der Waals surface area contributed by atoms with Gasteiger partial charge in [0.05, 0.1) is 46.7 Å². The fourth-order valence-electron chi connectivity index (χ4n) is 4.98. The number of likely N-dealkylation sites (N-methyl/N-ethyl adjacent to an activating group) is 1. The third kappa shape index (κ3) is 10.3. The highest BCUT2D eigenvalue weighted by Gasteiger charge is 2.30. The summed E-state index contributed by atoms with van der Waals surface area (Å²) in [6.07, 6.45) is 3.17. The van der Waals surface area contributed by atoms with Crippen molar-refractivity contribution in [1.82, 2.24) is 9.80 Å². The van der Waals surface area contributed by atoms with Crippen molar-refractivity contribution in [1.29, 1.82) is 0 Å². The Bertz CT molecular complexity index is 1310. The van der Waals surface area contributed by atoms with E-state index in [1.807, 2.05) is 33.0 Å². The molecule has 12 heteroatoms. The molecule has 1 heterocycles. The van der Waals surface area contributed by atoms with Crippen LogP contribution in [0.25, 0.3) is 0 Å². The molecule has 0 spiro atoms. The van der Waals surface area contributed by atoms with E-state index in [1.165, 1.54) is 6.07 Å². The lowest BCUT2D eigenvalue weighted by molar-refractivity contribution is -0.0177. The van der Waals surface area contributed by atoms with Gasteiger partial charge in [-0.2, -0.15) is 0 Å². The number of anilines is 1. The Morgan fingerprint density at radius 2 is 1.88 bits per heavy atom. The van der Waals surface area contributed by atoms with Crippen LogP contribution in [0.3, 0.4) is 0 Å². The summed E-state index contributed by atoms with van der Waals surface area (Å²) >= 11 is 12.3. The summed E-state index contributed by atoms with van der Waals surface area (Å²) < 4.78 is 38.9. The number of aliphatic hydroxyl groups is 1. The average Bonchev–Trinajstić information content (AvgIpc) is 2.91. The summed E-state index contributed by atoms with van der Waals surface area (Å²) in [5, 5.41) is 11.1. The molecule has 2 aromatic rings. The summed E-state index contributed by atoms with van der Waals surface area (Å²) in [5.74, 6) is -0.0777. The van der Waals surface area contributed by atoms with Crippen LogP contribution >= 0.6 is 23.2 Å². The van der Waals surface area contributed by atoms with Gasteiger partial charge in [-0.1, -0.05) is 36.2 Å². The number of nitrogens with one attached hydrogen (secondary N) is 1. The lowest BCUT2D eigenvalue weighted by atomic mass is 10.0. The minimum Gasteiger partial charge on any atom is -0.490 e. The Labute approximate surface area is 260 Å². The Morgan fingerprint density at radius 3 is 2.55 bits per heavy atom. The molecule has 1 aliphatic rings. The van der Waals surface area contributed by atoms with Crippen molar-refractivity contribution in [3.05, 3.63) is 57.6 Å². The van der Waals surface area contributed by atoms with Crippen molar-refractivity contribution in [2.24, 2.45) is 5.92 Å². The van der Waals surface area contributed by atoms with Crippen molar-refractivity contribution in [2.45, 2.75) is 64.8 Å². The van der Waals surface area contributed by atoms with Gasteiger partial charge in [0.2, 0.25) is 10.0 Å². The van der Waals surface area contributed by atoms with Gasteiger partial charge in [-0.3, -0.25) is 14.4 Å². The number of carbonyl (C=O) groups excluding carboxylic acids is 1. The van der Waals surface area contributed by atoms with E-state index >= 15 is 0 Å². The molecular weight excluding hydrogens is 601 g/mol. The molecule has 0 saturated heterocycles. The van der Waals surface area contributed by atoms with Crippen LogP contribution in [0.1, 0.15) is 56.0 Å². The molecule has 0 aliphatic carbocycles. The molecule has 9 nitrogen and oxygen atoms in total. The maximum absolute atomic E-state index is 14.1. The lowest BCUT2D eigenvalue weighted by Crippen LogP contribution is -2.47. The number of halogens is 2. The molecule has 2 N–H and O–H groups in total. The van der Waals surface area contributed by atoms with E-state index in [2.05, 4.69) is 9.62 Å². The summed E-state index contributed by atoms with van der Waals surface area (Å²) in [6, 6.07) is 9.79. The van der Waals surface area contributed by atoms with Gasteiger partial charge >= 0.3 is 0 Å². The Morgan fingerprint density at radius 1 is 1.14 bits per heavy atom. The molecule has 0 unspecified atom stereocenters. The number of aliphatic hydroxyl groups excluding tert-OH is 1. The minimum atomic E-state index is -3.56. The van der Waals surface area contributed by atoms with Crippen molar-refractivity contribution in [3.63, 3.8) is 0 Å². The van der Waals surface area contributed by atoms with Crippen molar-refractivity contribution >= 4 is 44.8 Å². The van der Waals surface area contributed by atoms with Gasteiger partial charge in [-0.15, -0.1) is 0 Å². The van der Waals surface area contributed by atoms with E-state index in [0.717, 1.165) is 31.1 Å². The second-order valence-electron chi connectivity index (χ2n) is 11.3. The van der Waals surface area contributed by atoms with E-state index in [0.29, 0.717) is 42.0 Å². The predicted molar refractivity (Wildman–Crippen MR) is 168 cm³/mol. The van der Waals surface area contributed by atoms with Gasteiger partial charge in [0.15, 0.2) is 0 Å². The maximum atomic E-state index is 14.1.